The lowest BCUT2D eigenvalue weighted by molar-refractivity contribution is -0.157. The van der Waals surface area contributed by atoms with E-state index in [1.807, 2.05) is 25.1 Å². The molecular formula is C30H44O10. The summed E-state index contributed by atoms with van der Waals surface area (Å²) in [5.41, 5.74) is -0.649. The minimum atomic E-state index is -0.906. The first-order valence-electron chi connectivity index (χ1n) is 13.8. The molecule has 1 aliphatic heterocycles. The van der Waals surface area contributed by atoms with Gasteiger partial charge in [-0.1, -0.05) is 44.2 Å². The van der Waals surface area contributed by atoms with E-state index in [1.165, 1.54) is 6.92 Å². The molecular weight excluding hydrogens is 520 g/mol. The van der Waals surface area contributed by atoms with Crippen LogP contribution in [0.3, 0.4) is 0 Å². The second kappa shape index (κ2) is 16.3. The highest BCUT2D eigenvalue weighted by molar-refractivity contribution is 5.87. The second-order valence-corrected chi connectivity index (χ2v) is 11.0. The van der Waals surface area contributed by atoms with Crippen molar-refractivity contribution in [3.63, 3.8) is 0 Å². The number of hydrogen-bond donors (Lipinski definition) is 0. The molecule has 0 aromatic heterocycles. The molecule has 1 aromatic carbocycles. The highest BCUT2D eigenvalue weighted by atomic mass is 16.7. The molecule has 0 spiro atoms. The maximum absolute atomic E-state index is 13.6. The Morgan fingerprint density at radius 2 is 1.60 bits per heavy atom. The molecule has 10 heteroatoms. The van der Waals surface area contributed by atoms with E-state index in [4.69, 9.17) is 28.4 Å². The summed E-state index contributed by atoms with van der Waals surface area (Å²) in [5.74, 6) is -0.791. The molecule has 1 fully saturated rings. The van der Waals surface area contributed by atoms with Crippen LogP contribution in [0.25, 0.3) is 0 Å². The van der Waals surface area contributed by atoms with Crippen LogP contribution < -0.4 is 0 Å². The van der Waals surface area contributed by atoms with Crippen molar-refractivity contribution in [1.29, 1.82) is 0 Å². The topological polar surface area (TPSA) is 127 Å². The van der Waals surface area contributed by atoms with Gasteiger partial charge in [-0.15, -0.1) is 0 Å². The first-order chi connectivity index (χ1) is 19.0. The molecule has 0 amide bonds. The van der Waals surface area contributed by atoms with Crippen LogP contribution in [0.1, 0.15) is 71.8 Å². The monoisotopic (exact) mass is 564 g/mol. The fourth-order valence-electron chi connectivity index (χ4n) is 4.62. The van der Waals surface area contributed by atoms with Gasteiger partial charge in [-0.25, -0.2) is 4.79 Å². The van der Waals surface area contributed by atoms with E-state index in [0.717, 1.165) is 12.0 Å². The van der Waals surface area contributed by atoms with Gasteiger partial charge in [-0.3, -0.25) is 14.4 Å². The van der Waals surface area contributed by atoms with Gasteiger partial charge in [0, 0.05) is 18.8 Å². The van der Waals surface area contributed by atoms with Crippen molar-refractivity contribution in [2.24, 2.45) is 10.8 Å². The highest BCUT2D eigenvalue weighted by Crippen LogP contribution is 2.43. The average molecular weight is 565 g/mol. The Labute approximate surface area is 237 Å². The smallest absolute Gasteiger partial charge is 0.466 e. The number of esters is 2. The summed E-state index contributed by atoms with van der Waals surface area (Å²) in [4.78, 5) is 48.9. The van der Waals surface area contributed by atoms with Crippen LogP contribution in [0.4, 0.5) is 4.79 Å². The summed E-state index contributed by atoms with van der Waals surface area (Å²) in [6, 6.07) is 10.0. The average Bonchev–Trinajstić information content (AvgIpc) is 3.74. The van der Waals surface area contributed by atoms with E-state index in [2.05, 4.69) is 19.1 Å². The first kappa shape index (κ1) is 33.2. The number of carbonyl (C=O) groups excluding carboxylic acids is 4. The van der Waals surface area contributed by atoms with Gasteiger partial charge < -0.3 is 28.4 Å². The van der Waals surface area contributed by atoms with Crippen molar-refractivity contribution < 1.29 is 47.6 Å². The molecule has 1 aliphatic rings. The number of benzene rings is 1. The van der Waals surface area contributed by atoms with Gasteiger partial charge in [0.2, 0.25) is 0 Å². The molecule has 224 valence electrons. The molecule has 3 atom stereocenters. The molecule has 0 N–H and O–H groups in total. The number of ether oxygens (including phenoxy) is 6. The van der Waals surface area contributed by atoms with Crippen LogP contribution in [-0.2, 0) is 42.8 Å². The zero-order valence-electron chi connectivity index (χ0n) is 24.4. The van der Waals surface area contributed by atoms with Crippen molar-refractivity contribution in [3.8, 4) is 0 Å². The normalized spacial score (nSPS) is 16.8. The Kier molecular flexibility index (Phi) is 13.6. The van der Waals surface area contributed by atoms with Crippen molar-refractivity contribution in [1.82, 2.24) is 0 Å². The van der Waals surface area contributed by atoms with Crippen molar-refractivity contribution in [2.45, 2.75) is 72.3 Å². The van der Waals surface area contributed by atoms with Gasteiger partial charge in [0.05, 0.1) is 31.8 Å². The molecule has 0 aliphatic carbocycles. The lowest BCUT2D eigenvalue weighted by atomic mass is 9.66. The second-order valence-electron chi connectivity index (χ2n) is 11.0. The van der Waals surface area contributed by atoms with Crippen LogP contribution in [0.2, 0.25) is 0 Å². The Morgan fingerprint density at radius 3 is 2.23 bits per heavy atom. The van der Waals surface area contributed by atoms with Crippen molar-refractivity contribution in [2.75, 3.05) is 46.2 Å². The van der Waals surface area contributed by atoms with E-state index in [1.54, 1.807) is 13.8 Å². The number of Topliss-reactive ketones (excluding diaryl/α,β-unsaturated/α-hetero) is 1. The van der Waals surface area contributed by atoms with Crippen molar-refractivity contribution >= 4 is 23.9 Å². The molecule has 0 bridgehead atoms. The van der Waals surface area contributed by atoms with Crippen LogP contribution >= 0.6 is 0 Å². The Balaban J connectivity index is 1.93. The van der Waals surface area contributed by atoms with Gasteiger partial charge in [0.15, 0.2) is 5.78 Å². The molecule has 1 aromatic rings. The molecule has 0 radical (unpaired) electrons. The maximum atomic E-state index is 13.6. The predicted octanol–water partition coefficient (Wildman–Crippen LogP) is 4.63. The Bertz CT molecular complexity index is 956. The van der Waals surface area contributed by atoms with E-state index in [-0.39, 0.29) is 69.8 Å². The molecule has 1 heterocycles. The number of hydrogen-bond acceptors (Lipinski definition) is 10. The van der Waals surface area contributed by atoms with E-state index in [9.17, 15) is 19.2 Å². The predicted molar refractivity (Wildman–Crippen MR) is 146 cm³/mol. The standard InChI is InChI=1S/C30H44O10/c1-6-23(24-11-8-7-9-12-24)17-30(5,21-29(3,4)27(33)40-19-25-18-39-25)26(32)20-35-15-16-38-28(34)37-14-10-13-36-22(2)31/h7-9,11-12,23,25H,6,10,13-21H2,1-5H3. The fraction of sp³-hybridized carbons (Fsp3) is 0.667. The van der Waals surface area contributed by atoms with E-state index < -0.39 is 23.0 Å². The van der Waals surface area contributed by atoms with Gasteiger partial charge >= 0.3 is 18.1 Å². The zero-order chi connectivity index (χ0) is 29.6. The summed E-state index contributed by atoms with van der Waals surface area (Å²) in [5, 5.41) is 0. The molecule has 40 heavy (non-hydrogen) atoms. The number of epoxide rings is 1. The number of carbonyl (C=O) groups is 4. The van der Waals surface area contributed by atoms with Gasteiger partial charge in [-0.05, 0) is 44.6 Å². The number of rotatable bonds is 19. The van der Waals surface area contributed by atoms with Crippen LogP contribution in [0, 0.1) is 10.8 Å². The minimum absolute atomic E-state index is 0.00703. The van der Waals surface area contributed by atoms with Crippen LogP contribution in [0.5, 0.6) is 0 Å². The SMILES string of the molecule is CCC(CC(C)(CC(C)(C)C(=O)OCC1CO1)C(=O)COCCOC(=O)OCCCOC(C)=O)c1ccccc1. The Hall–Kier alpha value is -2.98. The lowest BCUT2D eigenvalue weighted by Crippen LogP contribution is -2.41. The van der Waals surface area contributed by atoms with Crippen molar-refractivity contribution in [3.05, 3.63) is 35.9 Å². The van der Waals surface area contributed by atoms with E-state index >= 15 is 0 Å². The van der Waals surface area contributed by atoms with Crippen LogP contribution in [-0.4, -0.2) is 76.2 Å². The maximum Gasteiger partial charge on any atom is 0.508 e. The van der Waals surface area contributed by atoms with Crippen LogP contribution in [0.15, 0.2) is 30.3 Å². The molecule has 3 unspecified atom stereocenters. The molecule has 0 saturated carbocycles. The summed E-state index contributed by atoms with van der Waals surface area (Å²) in [6.07, 6.45) is 1.10. The van der Waals surface area contributed by atoms with E-state index in [0.29, 0.717) is 19.4 Å². The first-order valence-corrected chi connectivity index (χ1v) is 13.8. The summed E-state index contributed by atoms with van der Waals surface area (Å²) in [7, 11) is 0. The van der Waals surface area contributed by atoms with Gasteiger partial charge in [-0.2, -0.15) is 0 Å². The highest BCUT2D eigenvalue weighted by Gasteiger charge is 2.44. The quantitative estimate of drug-likeness (QED) is 0.102. The third-order valence-corrected chi connectivity index (χ3v) is 6.82. The summed E-state index contributed by atoms with van der Waals surface area (Å²) < 4.78 is 30.8. The largest absolute Gasteiger partial charge is 0.508 e. The third-order valence-electron chi connectivity index (χ3n) is 6.82. The lowest BCUT2D eigenvalue weighted by Gasteiger charge is -2.37. The summed E-state index contributed by atoms with van der Waals surface area (Å²) >= 11 is 0. The Morgan fingerprint density at radius 1 is 0.950 bits per heavy atom. The summed E-state index contributed by atoms with van der Waals surface area (Å²) in [6.45, 7) is 9.60. The van der Waals surface area contributed by atoms with Gasteiger partial charge in [0.1, 0.15) is 25.9 Å². The van der Waals surface area contributed by atoms with Gasteiger partial charge in [0.25, 0.3) is 0 Å². The molecule has 2 rings (SSSR count). The fourth-order valence-corrected chi connectivity index (χ4v) is 4.62. The number of ketones is 1. The third kappa shape index (κ3) is 12.0. The molecule has 10 nitrogen and oxygen atoms in total. The minimum Gasteiger partial charge on any atom is -0.466 e. The molecule has 1 saturated heterocycles. The zero-order valence-corrected chi connectivity index (χ0v) is 24.4.